The molecular formula is C24H26N6O2. The molecule has 0 bridgehead atoms. The summed E-state index contributed by atoms with van der Waals surface area (Å²) in [6.07, 6.45) is 2.76. The van der Waals surface area contributed by atoms with Gasteiger partial charge >= 0.3 is 0 Å². The first kappa shape index (κ1) is 20.3. The molecule has 0 fully saturated rings. The number of amides is 2. The quantitative estimate of drug-likeness (QED) is 0.277. The van der Waals surface area contributed by atoms with Crippen molar-refractivity contribution in [2.75, 3.05) is 0 Å². The molecule has 1 aliphatic rings. The summed E-state index contributed by atoms with van der Waals surface area (Å²) in [4.78, 5) is 31.9. The summed E-state index contributed by atoms with van der Waals surface area (Å²) >= 11 is 0. The molecule has 7 N–H and O–H groups in total. The number of hydrogen-bond acceptors (Lipinski definition) is 4. The summed E-state index contributed by atoms with van der Waals surface area (Å²) in [6, 6.07) is 14.7. The average Bonchev–Trinajstić information content (AvgIpc) is 3.39. The van der Waals surface area contributed by atoms with Gasteiger partial charge in [0.15, 0.2) is 0 Å². The van der Waals surface area contributed by atoms with E-state index < -0.39 is 18.0 Å². The van der Waals surface area contributed by atoms with E-state index in [2.05, 4.69) is 32.2 Å². The molecule has 3 heterocycles. The number of benzene rings is 2. The van der Waals surface area contributed by atoms with Crippen LogP contribution in [0.2, 0.25) is 0 Å². The Bertz CT molecular complexity index is 1310. The van der Waals surface area contributed by atoms with Crippen molar-refractivity contribution in [1.29, 1.82) is 0 Å². The predicted octanol–water partition coefficient (Wildman–Crippen LogP) is 1.94. The molecule has 0 unspecified atom stereocenters. The zero-order valence-electron chi connectivity index (χ0n) is 17.7. The lowest BCUT2D eigenvalue weighted by Crippen LogP contribution is -2.56. The van der Waals surface area contributed by atoms with Gasteiger partial charge in [-0.3, -0.25) is 25.8 Å². The van der Waals surface area contributed by atoms with E-state index in [4.69, 9.17) is 5.73 Å². The van der Waals surface area contributed by atoms with Crippen molar-refractivity contribution < 1.29 is 9.59 Å². The minimum atomic E-state index is -0.784. The van der Waals surface area contributed by atoms with Crippen molar-refractivity contribution in [3.63, 3.8) is 0 Å². The van der Waals surface area contributed by atoms with Crippen LogP contribution in [0.25, 0.3) is 21.8 Å². The van der Waals surface area contributed by atoms with Gasteiger partial charge < -0.3 is 15.7 Å². The third-order valence-electron chi connectivity index (χ3n) is 6.22. The molecule has 8 nitrogen and oxygen atoms in total. The molecule has 164 valence electrons. The van der Waals surface area contributed by atoms with E-state index in [1.54, 1.807) is 0 Å². The number of hydrazine groups is 1. The molecule has 0 aliphatic carbocycles. The molecule has 3 atom stereocenters. The summed E-state index contributed by atoms with van der Waals surface area (Å²) in [5.74, 6) is -0.722. The van der Waals surface area contributed by atoms with Crippen LogP contribution >= 0.6 is 0 Å². The highest BCUT2D eigenvalue weighted by Crippen LogP contribution is 2.31. The number of carbonyl (C=O) groups is 2. The van der Waals surface area contributed by atoms with Crippen molar-refractivity contribution in [2.45, 2.75) is 37.9 Å². The Morgan fingerprint density at radius 3 is 2.59 bits per heavy atom. The van der Waals surface area contributed by atoms with Gasteiger partial charge in [0, 0.05) is 39.7 Å². The molecule has 2 amide bonds. The van der Waals surface area contributed by atoms with Gasteiger partial charge in [0.2, 0.25) is 0 Å². The number of carbonyl (C=O) groups excluding carboxylic acids is 2. The summed E-state index contributed by atoms with van der Waals surface area (Å²) in [5.41, 5.74) is 16.4. The SMILES string of the molecule is C[C@@H]1N[C@H](C(=O)NNC(=O)[C@@H](N)Cc2c[nH]c3ccccc23)Cc2c1[nH]c1ccccc21. The van der Waals surface area contributed by atoms with Crippen LogP contribution in [-0.2, 0) is 22.4 Å². The minimum Gasteiger partial charge on any atom is -0.361 e. The van der Waals surface area contributed by atoms with Gasteiger partial charge in [0.05, 0.1) is 12.1 Å². The van der Waals surface area contributed by atoms with Crippen molar-refractivity contribution in [3.05, 3.63) is 71.5 Å². The number of aromatic amines is 2. The molecule has 1 aliphatic heterocycles. The van der Waals surface area contributed by atoms with Crippen LogP contribution < -0.4 is 21.9 Å². The van der Waals surface area contributed by atoms with Crippen LogP contribution in [0, 0.1) is 0 Å². The van der Waals surface area contributed by atoms with Crippen molar-refractivity contribution >= 4 is 33.6 Å². The number of nitrogens with one attached hydrogen (secondary N) is 5. The molecule has 32 heavy (non-hydrogen) atoms. The molecule has 2 aromatic heterocycles. The first-order chi connectivity index (χ1) is 15.5. The maximum absolute atomic E-state index is 12.8. The predicted molar refractivity (Wildman–Crippen MR) is 124 cm³/mol. The molecule has 0 spiro atoms. The van der Waals surface area contributed by atoms with E-state index in [9.17, 15) is 9.59 Å². The maximum atomic E-state index is 12.8. The highest BCUT2D eigenvalue weighted by molar-refractivity contribution is 5.90. The fourth-order valence-corrected chi connectivity index (χ4v) is 4.56. The Morgan fingerprint density at radius 1 is 1.06 bits per heavy atom. The second kappa shape index (κ2) is 8.14. The fourth-order valence-electron chi connectivity index (χ4n) is 4.56. The molecule has 2 aromatic carbocycles. The van der Waals surface area contributed by atoms with Gasteiger partial charge in [-0.05, 0) is 43.0 Å². The van der Waals surface area contributed by atoms with Crippen LogP contribution in [0.5, 0.6) is 0 Å². The largest absolute Gasteiger partial charge is 0.361 e. The molecule has 4 aromatic rings. The minimum absolute atomic E-state index is 0.0123. The fraction of sp³-hybridized carbons (Fsp3) is 0.250. The molecular weight excluding hydrogens is 404 g/mol. The monoisotopic (exact) mass is 430 g/mol. The number of rotatable bonds is 4. The second-order valence-electron chi connectivity index (χ2n) is 8.36. The van der Waals surface area contributed by atoms with Crippen LogP contribution in [0.3, 0.4) is 0 Å². The Labute approximate surface area is 184 Å². The smallest absolute Gasteiger partial charge is 0.255 e. The van der Waals surface area contributed by atoms with Crippen LogP contribution in [0.15, 0.2) is 54.7 Å². The number of para-hydroxylation sites is 2. The molecule has 5 rings (SSSR count). The first-order valence-corrected chi connectivity index (χ1v) is 10.8. The Kier molecular flexibility index (Phi) is 5.16. The lowest BCUT2D eigenvalue weighted by atomic mass is 9.94. The lowest BCUT2D eigenvalue weighted by Gasteiger charge is -2.28. The molecule has 0 saturated heterocycles. The summed E-state index contributed by atoms with van der Waals surface area (Å²) < 4.78 is 0. The normalized spacial score (nSPS) is 18.9. The van der Waals surface area contributed by atoms with Crippen molar-refractivity contribution in [2.24, 2.45) is 5.73 Å². The van der Waals surface area contributed by atoms with Crippen LogP contribution in [0.4, 0.5) is 0 Å². The van der Waals surface area contributed by atoms with Crippen molar-refractivity contribution in [3.8, 4) is 0 Å². The van der Waals surface area contributed by atoms with E-state index in [1.807, 2.05) is 55.6 Å². The van der Waals surface area contributed by atoms with Gasteiger partial charge in [-0.25, -0.2) is 0 Å². The first-order valence-electron chi connectivity index (χ1n) is 10.8. The average molecular weight is 431 g/mol. The maximum Gasteiger partial charge on any atom is 0.255 e. The zero-order chi connectivity index (χ0) is 22.2. The summed E-state index contributed by atoms with van der Waals surface area (Å²) in [6.45, 7) is 2.02. The standard InChI is InChI=1S/C24H26N6O2/c1-13-22-17(16-7-3-5-9-20(16)28-22)11-21(27-13)24(32)30-29-23(31)18(25)10-14-12-26-19-8-4-2-6-15(14)19/h2-9,12-13,18,21,26-28H,10-11,25H2,1H3,(H,29,31)(H,30,32)/t13-,18-,21-/m0/s1. The third-order valence-corrected chi connectivity index (χ3v) is 6.22. The molecule has 8 heteroatoms. The number of hydrogen-bond donors (Lipinski definition) is 6. The lowest BCUT2D eigenvalue weighted by molar-refractivity contribution is -0.130. The Morgan fingerprint density at radius 2 is 1.78 bits per heavy atom. The summed E-state index contributed by atoms with van der Waals surface area (Å²) in [5, 5.41) is 5.47. The molecule has 0 saturated carbocycles. The van der Waals surface area contributed by atoms with E-state index in [0.717, 1.165) is 38.6 Å². The van der Waals surface area contributed by atoms with Gasteiger partial charge in [-0.15, -0.1) is 0 Å². The highest BCUT2D eigenvalue weighted by atomic mass is 16.2. The second-order valence-corrected chi connectivity index (χ2v) is 8.36. The van der Waals surface area contributed by atoms with E-state index in [0.29, 0.717) is 12.8 Å². The van der Waals surface area contributed by atoms with E-state index >= 15 is 0 Å². The third kappa shape index (κ3) is 3.63. The van der Waals surface area contributed by atoms with Crippen LogP contribution in [-0.4, -0.2) is 33.9 Å². The Balaban J connectivity index is 1.21. The van der Waals surface area contributed by atoms with Crippen LogP contribution in [0.1, 0.15) is 29.8 Å². The van der Waals surface area contributed by atoms with Crippen molar-refractivity contribution in [1.82, 2.24) is 26.1 Å². The number of aromatic nitrogens is 2. The topological polar surface area (TPSA) is 128 Å². The van der Waals surface area contributed by atoms with Gasteiger partial charge in [0.25, 0.3) is 11.8 Å². The van der Waals surface area contributed by atoms with E-state index in [1.165, 1.54) is 0 Å². The number of fused-ring (bicyclic) bond motifs is 4. The number of nitrogens with two attached hydrogens (primary N) is 1. The number of H-pyrrole nitrogens is 2. The van der Waals surface area contributed by atoms with Gasteiger partial charge in [-0.1, -0.05) is 36.4 Å². The zero-order valence-corrected chi connectivity index (χ0v) is 17.7. The van der Waals surface area contributed by atoms with Gasteiger partial charge in [0.1, 0.15) is 0 Å². The Hall–Kier alpha value is -3.62. The summed E-state index contributed by atoms with van der Waals surface area (Å²) in [7, 11) is 0. The highest BCUT2D eigenvalue weighted by Gasteiger charge is 2.31. The van der Waals surface area contributed by atoms with E-state index in [-0.39, 0.29) is 11.9 Å². The molecule has 0 radical (unpaired) electrons. The van der Waals surface area contributed by atoms with Gasteiger partial charge in [-0.2, -0.15) is 0 Å².